The zero-order valence-corrected chi connectivity index (χ0v) is 11.9. The summed E-state index contributed by atoms with van der Waals surface area (Å²) in [5, 5.41) is 0.959. The van der Waals surface area contributed by atoms with Gasteiger partial charge in [0, 0.05) is 35.9 Å². The molecule has 0 aliphatic heterocycles. The quantitative estimate of drug-likeness (QED) is 0.821. The van der Waals surface area contributed by atoms with Gasteiger partial charge in [0.05, 0.1) is 5.56 Å². The van der Waals surface area contributed by atoms with Crippen LogP contribution >= 0.6 is 0 Å². The number of aromatic nitrogens is 1. The maximum absolute atomic E-state index is 12.7. The van der Waals surface area contributed by atoms with Crippen molar-refractivity contribution in [2.75, 3.05) is 18.8 Å². The molecule has 4 nitrogen and oxygen atoms in total. The fourth-order valence-electron chi connectivity index (χ4n) is 2.65. The summed E-state index contributed by atoms with van der Waals surface area (Å²) in [6, 6.07) is 5.64. The monoisotopic (exact) mass is 271 g/mol. The first-order valence-corrected chi connectivity index (χ1v) is 7.35. The number of nitrogens with one attached hydrogen (secondary N) is 1. The van der Waals surface area contributed by atoms with E-state index >= 15 is 0 Å². The van der Waals surface area contributed by atoms with E-state index in [0.29, 0.717) is 11.6 Å². The van der Waals surface area contributed by atoms with Crippen LogP contribution in [0.4, 0.5) is 5.69 Å². The molecule has 2 aromatic rings. The van der Waals surface area contributed by atoms with Crippen molar-refractivity contribution in [3.05, 3.63) is 30.0 Å². The summed E-state index contributed by atoms with van der Waals surface area (Å²) in [7, 11) is 0. The van der Waals surface area contributed by atoms with Gasteiger partial charge in [0.1, 0.15) is 0 Å². The van der Waals surface area contributed by atoms with E-state index in [1.165, 1.54) is 12.8 Å². The minimum atomic E-state index is 0.134. The summed E-state index contributed by atoms with van der Waals surface area (Å²) in [5.41, 5.74) is 8.17. The van der Waals surface area contributed by atoms with Crippen LogP contribution in [0.2, 0.25) is 0 Å². The lowest BCUT2D eigenvalue weighted by atomic mass is 10.1. The summed E-state index contributed by atoms with van der Waals surface area (Å²) in [4.78, 5) is 17.9. The van der Waals surface area contributed by atoms with Gasteiger partial charge in [0.25, 0.3) is 5.91 Å². The second kappa shape index (κ2) is 5.19. The molecule has 3 rings (SSSR count). The molecule has 1 aromatic heterocycles. The Hall–Kier alpha value is -1.97. The minimum absolute atomic E-state index is 0.134. The average Bonchev–Trinajstić information content (AvgIpc) is 3.15. The third-order valence-corrected chi connectivity index (χ3v) is 3.89. The highest BCUT2D eigenvalue weighted by molar-refractivity contribution is 6.07. The van der Waals surface area contributed by atoms with Crippen LogP contribution in [0, 0.1) is 5.92 Å². The predicted octanol–water partition coefficient (Wildman–Crippen LogP) is 3.01. The van der Waals surface area contributed by atoms with Crippen molar-refractivity contribution in [2.45, 2.75) is 26.2 Å². The third-order valence-electron chi connectivity index (χ3n) is 3.89. The molecule has 106 valence electrons. The van der Waals surface area contributed by atoms with Gasteiger partial charge in [0.15, 0.2) is 0 Å². The topological polar surface area (TPSA) is 62.1 Å². The van der Waals surface area contributed by atoms with Crippen LogP contribution < -0.4 is 5.73 Å². The normalized spacial score (nSPS) is 14.7. The molecule has 1 aromatic carbocycles. The van der Waals surface area contributed by atoms with Crippen molar-refractivity contribution < 1.29 is 4.79 Å². The molecular weight excluding hydrogens is 250 g/mol. The number of nitrogens with two attached hydrogens (primary N) is 1. The molecule has 3 N–H and O–H groups in total. The van der Waals surface area contributed by atoms with Gasteiger partial charge < -0.3 is 15.6 Å². The van der Waals surface area contributed by atoms with Gasteiger partial charge in [0.2, 0.25) is 0 Å². The number of amides is 1. The number of aromatic amines is 1. The average molecular weight is 271 g/mol. The maximum atomic E-state index is 12.7. The molecule has 0 saturated heterocycles. The van der Waals surface area contributed by atoms with Crippen molar-refractivity contribution in [1.82, 2.24) is 9.88 Å². The van der Waals surface area contributed by atoms with Crippen LogP contribution in [0.1, 0.15) is 36.5 Å². The largest absolute Gasteiger partial charge is 0.399 e. The van der Waals surface area contributed by atoms with E-state index in [1.54, 1.807) is 0 Å². The first kappa shape index (κ1) is 13.0. The van der Waals surface area contributed by atoms with Gasteiger partial charge in [-0.2, -0.15) is 0 Å². The van der Waals surface area contributed by atoms with Gasteiger partial charge in [-0.05, 0) is 43.4 Å². The number of benzene rings is 1. The van der Waals surface area contributed by atoms with E-state index < -0.39 is 0 Å². The fourth-order valence-corrected chi connectivity index (χ4v) is 2.65. The van der Waals surface area contributed by atoms with Gasteiger partial charge in [-0.25, -0.2) is 0 Å². The Morgan fingerprint density at radius 1 is 1.45 bits per heavy atom. The number of H-pyrrole nitrogens is 1. The Bertz CT molecular complexity index is 628. The molecule has 0 spiro atoms. The Morgan fingerprint density at radius 3 is 2.95 bits per heavy atom. The van der Waals surface area contributed by atoms with Crippen LogP contribution in [0.3, 0.4) is 0 Å². The standard InChI is InChI=1S/C16H21N3O/c1-2-7-19(10-11-3-4-11)16(20)14-9-18-15-8-12(17)5-6-13(14)15/h5-6,8-9,11,18H,2-4,7,10,17H2,1H3. The van der Waals surface area contributed by atoms with Crippen molar-refractivity contribution in [3.63, 3.8) is 0 Å². The molecule has 1 fully saturated rings. The number of rotatable bonds is 5. The molecule has 0 unspecified atom stereocenters. The summed E-state index contributed by atoms with van der Waals surface area (Å²) in [6.07, 6.45) is 5.32. The van der Waals surface area contributed by atoms with E-state index in [-0.39, 0.29) is 5.91 Å². The van der Waals surface area contributed by atoms with Crippen molar-refractivity contribution in [1.29, 1.82) is 0 Å². The lowest BCUT2D eigenvalue weighted by Gasteiger charge is -2.21. The number of fused-ring (bicyclic) bond motifs is 1. The van der Waals surface area contributed by atoms with Gasteiger partial charge in [-0.15, -0.1) is 0 Å². The van der Waals surface area contributed by atoms with Crippen LogP contribution in [0.15, 0.2) is 24.4 Å². The summed E-state index contributed by atoms with van der Waals surface area (Å²) >= 11 is 0. The first-order valence-electron chi connectivity index (χ1n) is 7.35. The lowest BCUT2D eigenvalue weighted by molar-refractivity contribution is 0.0750. The van der Waals surface area contributed by atoms with Crippen LogP contribution in [0.25, 0.3) is 10.9 Å². The molecule has 1 aliphatic rings. The van der Waals surface area contributed by atoms with Crippen molar-refractivity contribution in [2.24, 2.45) is 5.92 Å². The smallest absolute Gasteiger partial charge is 0.256 e. The Balaban J connectivity index is 1.89. The Labute approximate surface area is 118 Å². The van der Waals surface area contributed by atoms with Crippen LogP contribution in [-0.2, 0) is 0 Å². The molecular formula is C16H21N3O. The molecule has 0 radical (unpaired) electrons. The highest BCUT2D eigenvalue weighted by Crippen LogP contribution is 2.31. The second-order valence-corrected chi connectivity index (χ2v) is 5.70. The molecule has 20 heavy (non-hydrogen) atoms. The van der Waals surface area contributed by atoms with Crippen LogP contribution in [-0.4, -0.2) is 28.9 Å². The lowest BCUT2D eigenvalue weighted by Crippen LogP contribution is -2.33. The maximum Gasteiger partial charge on any atom is 0.256 e. The highest BCUT2D eigenvalue weighted by Gasteiger charge is 2.27. The van der Waals surface area contributed by atoms with Gasteiger partial charge >= 0.3 is 0 Å². The van der Waals surface area contributed by atoms with E-state index in [4.69, 9.17) is 5.73 Å². The third kappa shape index (κ3) is 2.50. The molecule has 1 saturated carbocycles. The highest BCUT2D eigenvalue weighted by atomic mass is 16.2. The van der Waals surface area contributed by atoms with Gasteiger partial charge in [-0.1, -0.05) is 6.92 Å². The second-order valence-electron chi connectivity index (χ2n) is 5.70. The molecule has 1 aliphatic carbocycles. The predicted molar refractivity (Wildman–Crippen MR) is 81.6 cm³/mol. The molecule has 4 heteroatoms. The fraction of sp³-hybridized carbons (Fsp3) is 0.438. The molecule has 1 amide bonds. The van der Waals surface area contributed by atoms with Crippen molar-refractivity contribution >= 4 is 22.5 Å². The number of carbonyl (C=O) groups excluding carboxylic acids is 1. The summed E-state index contributed by atoms with van der Waals surface area (Å²) < 4.78 is 0. The SMILES string of the molecule is CCCN(CC1CC1)C(=O)c1c[nH]c2cc(N)ccc12. The number of hydrogen-bond donors (Lipinski definition) is 2. The molecule has 0 atom stereocenters. The number of anilines is 1. The van der Waals surface area contributed by atoms with E-state index in [1.807, 2.05) is 29.3 Å². The van der Waals surface area contributed by atoms with E-state index in [2.05, 4.69) is 11.9 Å². The minimum Gasteiger partial charge on any atom is -0.399 e. The Kier molecular flexibility index (Phi) is 3.38. The molecule has 1 heterocycles. The summed E-state index contributed by atoms with van der Waals surface area (Å²) in [5.74, 6) is 0.848. The zero-order valence-electron chi connectivity index (χ0n) is 11.9. The zero-order chi connectivity index (χ0) is 14.1. The molecule has 0 bridgehead atoms. The van der Waals surface area contributed by atoms with Gasteiger partial charge in [-0.3, -0.25) is 4.79 Å². The number of carbonyl (C=O) groups is 1. The summed E-state index contributed by atoms with van der Waals surface area (Å²) in [6.45, 7) is 3.84. The van der Waals surface area contributed by atoms with Crippen molar-refractivity contribution in [3.8, 4) is 0 Å². The van der Waals surface area contributed by atoms with E-state index in [9.17, 15) is 4.79 Å². The number of nitrogens with zero attached hydrogens (tertiary/aromatic N) is 1. The Morgan fingerprint density at radius 2 is 2.25 bits per heavy atom. The number of hydrogen-bond acceptors (Lipinski definition) is 2. The van der Waals surface area contributed by atoms with E-state index in [0.717, 1.165) is 36.0 Å². The first-order chi connectivity index (χ1) is 9.69. The van der Waals surface area contributed by atoms with Crippen LogP contribution in [0.5, 0.6) is 0 Å². The number of nitrogen functional groups attached to an aromatic ring is 1.